The van der Waals surface area contributed by atoms with Crippen molar-refractivity contribution in [1.82, 2.24) is 5.43 Å². The molecule has 0 aliphatic rings. The first-order valence-corrected chi connectivity index (χ1v) is 10.3. The number of halogens is 2. The summed E-state index contributed by atoms with van der Waals surface area (Å²) in [4.78, 5) is 35.7. The van der Waals surface area contributed by atoms with Crippen molar-refractivity contribution in [2.45, 2.75) is 0 Å². The van der Waals surface area contributed by atoms with E-state index in [9.17, 15) is 14.4 Å². The number of hydrogen-bond donors (Lipinski definition) is 2. The molecule has 9 heteroatoms. The minimum Gasteiger partial charge on any atom is -0.423 e. The lowest BCUT2D eigenvalue weighted by molar-refractivity contribution is -0.136. The van der Waals surface area contributed by atoms with Crippen LogP contribution in [0.2, 0.25) is 10.0 Å². The summed E-state index contributed by atoms with van der Waals surface area (Å²) in [5.41, 5.74) is 3.93. The summed E-state index contributed by atoms with van der Waals surface area (Å²) in [6, 6.07) is 20.2. The largest absolute Gasteiger partial charge is 0.423 e. The minimum atomic E-state index is -0.965. The number of anilines is 1. The van der Waals surface area contributed by atoms with Gasteiger partial charge in [-0.1, -0.05) is 53.5 Å². The van der Waals surface area contributed by atoms with Gasteiger partial charge in [0.2, 0.25) is 0 Å². The Bertz CT molecular complexity index is 1210. The molecule has 2 amide bonds. The molecule has 0 aromatic heterocycles. The van der Waals surface area contributed by atoms with Crippen LogP contribution < -0.4 is 15.5 Å². The summed E-state index contributed by atoms with van der Waals surface area (Å²) in [5.74, 6) is -2.05. The van der Waals surface area contributed by atoms with Crippen molar-refractivity contribution in [2.75, 3.05) is 5.32 Å². The van der Waals surface area contributed by atoms with Crippen LogP contribution in [-0.4, -0.2) is 24.0 Å². The fourth-order valence-electron chi connectivity index (χ4n) is 2.48. The Morgan fingerprint density at radius 1 is 0.818 bits per heavy atom. The van der Waals surface area contributed by atoms with Crippen LogP contribution in [0.3, 0.4) is 0 Å². The first kappa shape index (κ1) is 23.7. The van der Waals surface area contributed by atoms with Gasteiger partial charge in [-0.15, -0.1) is 0 Å². The first-order chi connectivity index (χ1) is 15.9. The Hall–Kier alpha value is -3.94. The normalized spacial score (nSPS) is 10.8. The third-order valence-corrected chi connectivity index (χ3v) is 4.81. The van der Waals surface area contributed by atoms with Gasteiger partial charge < -0.3 is 10.1 Å². The summed E-state index contributed by atoms with van der Waals surface area (Å²) in [5, 5.41) is 6.69. The van der Waals surface area contributed by atoms with Gasteiger partial charge in [0.05, 0.1) is 16.3 Å². The molecule has 0 saturated heterocycles. The zero-order chi connectivity index (χ0) is 23.6. The Morgan fingerprint density at radius 3 is 2.24 bits per heavy atom. The molecule has 0 saturated carbocycles. The molecule has 0 aliphatic heterocycles. The van der Waals surface area contributed by atoms with Gasteiger partial charge in [0.1, 0.15) is 5.75 Å². The lowest BCUT2D eigenvalue weighted by Crippen LogP contribution is -2.32. The number of hydrazone groups is 1. The fraction of sp³-hybridized carbons (Fsp3) is 0. The molecule has 0 bridgehead atoms. The molecule has 0 aliphatic carbocycles. The van der Waals surface area contributed by atoms with Crippen LogP contribution in [-0.2, 0) is 14.4 Å². The Morgan fingerprint density at radius 2 is 1.55 bits per heavy atom. The van der Waals surface area contributed by atoms with E-state index < -0.39 is 17.8 Å². The van der Waals surface area contributed by atoms with E-state index in [1.165, 1.54) is 30.5 Å². The van der Waals surface area contributed by atoms with Crippen molar-refractivity contribution in [3.05, 3.63) is 100 Å². The second-order valence-electron chi connectivity index (χ2n) is 6.52. The van der Waals surface area contributed by atoms with Gasteiger partial charge in [0.15, 0.2) is 0 Å². The summed E-state index contributed by atoms with van der Waals surface area (Å²) in [7, 11) is 0. The molecule has 0 unspecified atom stereocenters. The molecule has 0 heterocycles. The summed E-state index contributed by atoms with van der Waals surface area (Å²) < 4.78 is 5.23. The average Bonchev–Trinajstić information content (AvgIpc) is 2.82. The Kier molecular flexibility index (Phi) is 8.35. The van der Waals surface area contributed by atoms with E-state index in [4.69, 9.17) is 27.9 Å². The van der Waals surface area contributed by atoms with Gasteiger partial charge in [0.25, 0.3) is 0 Å². The number of carbonyl (C=O) groups excluding carboxylic acids is 3. The number of rotatable bonds is 6. The van der Waals surface area contributed by atoms with Crippen molar-refractivity contribution in [1.29, 1.82) is 0 Å². The van der Waals surface area contributed by atoms with Crippen LogP contribution in [0.1, 0.15) is 11.1 Å². The zero-order valence-corrected chi connectivity index (χ0v) is 18.5. The van der Waals surface area contributed by atoms with Gasteiger partial charge in [0, 0.05) is 11.8 Å². The molecule has 33 heavy (non-hydrogen) atoms. The van der Waals surface area contributed by atoms with Gasteiger partial charge in [-0.3, -0.25) is 9.59 Å². The average molecular weight is 482 g/mol. The molecule has 2 N–H and O–H groups in total. The van der Waals surface area contributed by atoms with E-state index in [2.05, 4.69) is 15.8 Å². The second kappa shape index (κ2) is 11.6. The quantitative estimate of drug-likeness (QED) is 0.133. The van der Waals surface area contributed by atoms with Crippen molar-refractivity contribution >= 4 is 59.0 Å². The molecule has 3 aromatic rings. The predicted molar refractivity (Wildman–Crippen MR) is 128 cm³/mol. The maximum atomic E-state index is 11.9. The van der Waals surface area contributed by atoms with Crippen LogP contribution in [0.15, 0.2) is 84.0 Å². The lowest BCUT2D eigenvalue weighted by atomic mass is 10.2. The topological polar surface area (TPSA) is 96.9 Å². The maximum absolute atomic E-state index is 11.9. The lowest BCUT2D eigenvalue weighted by Gasteiger charge is -2.05. The number of amides is 2. The summed E-state index contributed by atoms with van der Waals surface area (Å²) in [6.07, 6.45) is 4.33. The standard InChI is InChI=1S/C24H17Cl2N3O4/c25-20-12-9-18(14-21(20)26)28-23(31)24(32)29-27-15-17-6-10-19(11-7-17)33-22(30)13-8-16-4-2-1-3-5-16/h1-15H,(H,28,31)(H,29,32). The van der Waals surface area contributed by atoms with Gasteiger partial charge in [-0.25, -0.2) is 10.2 Å². The van der Waals surface area contributed by atoms with E-state index in [1.807, 2.05) is 30.3 Å². The molecule has 0 spiro atoms. The third kappa shape index (κ3) is 7.60. The SMILES string of the molecule is O=C(C=Cc1ccccc1)Oc1ccc(C=NNC(=O)C(=O)Nc2ccc(Cl)c(Cl)c2)cc1. The number of ether oxygens (including phenoxy) is 1. The van der Waals surface area contributed by atoms with Crippen LogP contribution in [0.4, 0.5) is 5.69 Å². The smallest absolute Gasteiger partial charge is 0.336 e. The maximum Gasteiger partial charge on any atom is 0.336 e. The van der Waals surface area contributed by atoms with Crippen LogP contribution in [0.5, 0.6) is 5.75 Å². The third-order valence-electron chi connectivity index (χ3n) is 4.07. The van der Waals surface area contributed by atoms with Gasteiger partial charge in [-0.2, -0.15) is 5.10 Å². The highest BCUT2D eigenvalue weighted by molar-refractivity contribution is 6.43. The molecular weight excluding hydrogens is 465 g/mol. The highest BCUT2D eigenvalue weighted by atomic mass is 35.5. The van der Waals surface area contributed by atoms with E-state index in [-0.39, 0.29) is 5.02 Å². The number of nitrogens with zero attached hydrogens (tertiary/aromatic N) is 1. The molecule has 0 fully saturated rings. The monoisotopic (exact) mass is 481 g/mol. The van der Waals surface area contributed by atoms with Gasteiger partial charge >= 0.3 is 17.8 Å². The number of benzene rings is 3. The molecule has 166 valence electrons. The molecular formula is C24H17Cl2N3O4. The first-order valence-electron chi connectivity index (χ1n) is 9.55. The molecule has 3 rings (SSSR count). The summed E-state index contributed by atoms with van der Waals surface area (Å²) >= 11 is 11.7. The van der Waals surface area contributed by atoms with Crippen molar-refractivity contribution in [3.63, 3.8) is 0 Å². The highest BCUT2D eigenvalue weighted by Crippen LogP contribution is 2.24. The Labute approximate surface area is 199 Å². The van der Waals surface area contributed by atoms with Crippen molar-refractivity contribution < 1.29 is 19.1 Å². The second-order valence-corrected chi connectivity index (χ2v) is 7.33. The highest BCUT2D eigenvalue weighted by Gasteiger charge is 2.13. The molecule has 0 atom stereocenters. The van der Waals surface area contributed by atoms with E-state index in [1.54, 1.807) is 30.3 Å². The van der Waals surface area contributed by atoms with E-state index >= 15 is 0 Å². The number of carbonyl (C=O) groups is 3. The van der Waals surface area contributed by atoms with Crippen LogP contribution in [0.25, 0.3) is 6.08 Å². The summed E-state index contributed by atoms with van der Waals surface area (Å²) in [6.45, 7) is 0. The zero-order valence-electron chi connectivity index (χ0n) is 17.0. The van der Waals surface area contributed by atoms with Crippen LogP contribution >= 0.6 is 23.2 Å². The van der Waals surface area contributed by atoms with Crippen molar-refractivity contribution in [3.8, 4) is 5.75 Å². The number of hydrogen-bond acceptors (Lipinski definition) is 5. The number of esters is 1. The Balaban J connectivity index is 1.47. The molecule has 3 aromatic carbocycles. The molecule has 7 nitrogen and oxygen atoms in total. The van der Waals surface area contributed by atoms with Crippen LogP contribution in [0, 0.1) is 0 Å². The van der Waals surface area contributed by atoms with E-state index in [0.29, 0.717) is 22.0 Å². The fourth-order valence-corrected chi connectivity index (χ4v) is 2.78. The van der Waals surface area contributed by atoms with E-state index in [0.717, 1.165) is 5.56 Å². The number of nitrogens with one attached hydrogen (secondary N) is 2. The predicted octanol–water partition coefficient (Wildman–Crippen LogP) is 4.70. The molecule has 0 radical (unpaired) electrons. The van der Waals surface area contributed by atoms with Gasteiger partial charge in [-0.05, 0) is 59.7 Å². The minimum absolute atomic E-state index is 0.245. The van der Waals surface area contributed by atoms with Crippen molar-refractivity contribution in [2.24, 2.45) is 5.10 Å².